The van der Waals surface area contributed by atoms with Gasteiger partial charge < -0.3 is 20.1 Å². The van der Waals surface area contributed by atoms with Crippen molar-refractivity contribution in [1.82, 2.24) is 10.6 Å². The van der Waals surface area contributed by atoms with Crippen LogP contribution < -0.4 is 15.4 Å². The first-order valence-corrected chi connectivity index (χ1v) is 7.84. The summed E-state index contributed by atoms with van der Waals surface area (Å²) in [4.78, 5) is 12.0. The minimum absolute atomic E-state index is 0. The maximum atomic E-state index is 13.0. The minimum atomic E-state index is -4.49. The van der Waals surface area contributed by atoms with Crippen LogP contribution in [0.25, 0.3) is 0 Å². The molecule has 0 aliphatic carbocycles. The molecule has 0 radical (unpaired) electrons. The second-order valence-electron chi connectivity index (χ2n) is 5.45. The third-order valence-electron chi connectivity index (χ3n) is 3.67. The molecule has 25 heavy (non-hydrogen) atoms. The van der Waals surface area contributed by atoms with Crippen molar-refractivity contribution >= 4 is 18.3 Å². The van der Waals surface area contributed by atoms with Gasteiger partial charge in [-0.2, -0.15) is 13.2 Å². The van der Waals surface area contributed by atoms with Crippen LogP contribution in [0.3, 0.4) is 0 Å². The molecular formula is C16H22ClF3N2O3. The molecule has 2 N–H and O–H groups in total. The van der Waals surface area contributed by atoms with Gasteiger partial charge in [0.2, 0.25) is 0 Å². The molecule has 1 aliphatic rings. The van der Waals surface area contributed by atoms with E-state index in [1.54, 1.807) is 6.92 Å². The fraction of sp³-hybridized carbons (Fsp3) is 0.562. The number of hydrogen-bond donors (Lipinski definition) is 2. The fourth-order valence-electron chi connectivity index (χ4n) is 2.31. The summed E-state index contributed by atoms with van der Waals surface area (Å²) in [5, 5.41) is 5.71. The third-order valence-corrected chi connectivity index (χ3v) is 3.67. The molecule has 2 atom stereocenters. The number of benzene rings is 1. The Morgan fingerprint density at radius 3 is 2.76 bits per heavy atom. The molecule has 1 saturated heterocycles. The molecule has 2 unspecified atom stereocenters. The number of rotatable bonds is 6. The Labute approximate surface area is 150 Å². The Kier molecular flexibility index (Phi) is 8.47. The molecule has 0 saturated carbocycles. The summed E-state index contributed by atoms with van der Waals surface area (Å²) in [6.45, 7) is 3.46. The van der Waals surface area contributed by atoms with Gasteiger partial charge in [-0.25, -0.2) is 0 Å². The standard InChI is InChI=1S/C16H21F3N2O3.ClH/c1-2-11(9-21-15(22)14-10-20-7-8-23-14)24-13-6-4-3-5-12(13)16(17,18)19;/h3-6,11,14,20H,2,7-10H2,1H3,(H,21,22);1H. The van der Waals surface area contributed by atoms with E-state index in [4.69, 9.17) is 9.47 Å². The van der Waals surface area contributed by atoms with E-state index in [9.17, 15) is 18.0 Å². The van der Waals surface area contributed by atoms with Crippen LogP contribution in [0.4, 0.5) is 13.2 Å². The molecule has 1 aliphatic heterocycles. The second-order valence-corrected chi connectivity index (χ2v) is 5.45. The number of nitrogens with one attached hydrogen (secondary N) is 2. The molecule has 1 amide bonds. The van der Waals surface area contributed by atoms with Crippen LogP contribution in [0.15, 0.2) is 24.3 Å². The van der Waals surface area contributed by atoms with Crippen molar-refractivity contribution in [3.05, 3.63) is 29.8 Å². The van der Waals surface area contributed by atoms with Crippen molar-refractivity contribution < 1.29 is 27.4 Å². The third kappa shape index (κ3) is 6.37. The van der Waals surface area contributed by atoms with Gasteiger partial charge in [0.05, 0.1) is 18.7 Å². The van der Waals surface area contributed by atoms with Crippen LogP contribution in [-0.2, 0) is 15.7 Å². The molecule has 0 aromatic heterocycles. The van der Waals surface area contributed by atoms with Gasteiger partial charge in [-0.05, 0) is 18.6 Å². The predicted molar refractivity (Wildman–Crippen MR) is 89.0 cm³/mol. The zero-order valence-corrected chi connectivity index (χ0v) is 14.6. The first kappa shape index (κ1) is 21.5. The highest BCUT2D eigenvalue weighted by atomic mass is 35.5. The van der Waals surface area contributed by atoms with Gasteiger partial charge in [0.1, 0.15) is 18.0 Å². The number of halogens is 4. The van der Waals surface area contributed by atoms with Crippen LogP contribution in [0.5, 0.6) is 5.75 Å². The molecule has 2 rings (SSSR count). The van der Waals surface area contributed by atoms with Crippen LogP contribution >= 0.6 is 12.4 Å². The number of ether oxygens (including phenoxy) is 2. The van der Waals surface area contributed by atoms with E-state index >= 15 is 0 Å². The highest BCUT2D eigenvalue weighted by Gasteiger charge is 2.34. The Hall–Kier alpha value is -1.51. The Bertz CT molecular complexity index is 552. The minimum Gasteiger partial charge on any atom is -0.488 e. The van der Waals surface area contributed by atoms with Crippen molar-refractivity contribution in [3.63, 3.8) is 0 Å². The van der Waals surface area contributed by atoms with Crippen molar-refractivity contribution in [2.75, 3.05) is 26.2 Å². The number of para-hydroxylation sites is 1. The number of hydrogen-bond acceptors (Lipinski definition) is 4. The summed E-state index contributed by atoms with van der Waals surface area (Å²) in [7, 11) is 0. The van der Waals surface area contributed by atoms with Gasteiger partial charge >= 0.3 is 6.18 Å². The van der Waals surface area contributed by atoms with E-state index in [0.29, 0.717) is 26.1 Å². The normalized spacial score (nSPS) is 18.8. The van der Waals surface area contributed by atoms with Gasteiger partial charge in [-0.1, -0.05) is 19.1 Å². The lowest BCUT2D eigenvalue weighted by molar-refractivity contribution is -0.139. The maximum Gasteiger partial charge on any atom is 0.419 e. The monoisotopic (exact) mass is 382 g/mol. The Balaban J connectivity index is 0.00000312. The number of morpholine rings is 1. The zero-order chi connectivity index (χ0) is 17.6. The number of amides is 1. The molecule has 1 heterocycles. The molecule has 142 valence electrons. The van der Waals surface area contributed by atoms with Crippen molar-refractivity contribution in [1.29, 1.82) is 0 Å². The summed E-state index contributed by atoms with van der Waals surface area (Å²) >= 11 is 0. The van der Waals surface area contributed by atoms with Gasteiger partial charge in [0, 0.05) is 13.1 Å². The number of alkyl halides is 3. The van der Waals surface area contributed by atoms with Crippen LogP contribution in [0.1, 0.15) is 18.9 Å². The van der Waals surface area contributed by atoms with E-state index in [2.05, 4.69) is 10.6 Å². The molecular weight excluding hydrogens is 361 g/mol. The lowest BCUT2D eigenvalue weighted by Crippen LogP contribution is -2.49. The van der Waals surface area contributed by atoms with E-state index in [0.717, 1.165) is 6.07 Å². The van der Waals surface area contributed by atoms with Gasteiger partial charge in [0.25, 0.3) is 5.91 Å². The molecule has 0 spiro atoms. The number of carbonyl (C=O) groups is 1. The topological polar surface area (TPSA) is 59.6 Å². The first-order chi connectivity index (χ1) is 11.4. The van der Waals surface area contributed by atoms with Crippen molar-refractivity contribution in [2.45, 2.75) is 31.7 Å². The average molecular weight is 383 g/mol. The summed E-state index contributed by atoms with van der Waals surface area (Å²) in [5.41, 5.74) is -0.824. The average Bonchev–Trinajstić information content (AvgIpc) is 2.58. The predicted octanol–water partition coefficient (Wildman–Crippen LogP) is 2.39. The van der Waals surface area contributed by atoms with Crippen LogP contribution in [0.2, 0.25) is 0 Å². The lowest BCUT2D eigenvalue weighted by atomic mass is 10.2. The summed E-state index contributed by atoms with van der Waals surface area (Å²) in [5.74, 6) is -0.532. The highest BCUT2D eigenvalue weighted by Crippen LogP contribution is 2.36. The van der Waals surface area contributed by atoms with Crippen molar-refractivity contribution in [3.8, 4) is 5.75 Å². The van der Waals surface area contributed by atoms with E-state index in [1.807, 2.05) is 0 Å². The van der Waals surface area contributed by atoms with Crippen molar-refractivity contribution in [2.24, 2.45) is 0 Å². The summed E-state index contributed by atoms with van der Waals surface area (Å²) < 4.78 is 49.8. The maximum absolute atomic E-state index is 13.0. The van der Waals surface area contributed by atoms with Gasteiger partial charge in [0.15, 0.2) is 0 Å². The van der Waals surface area contributed by atoms with Gasteiger partial charge in [-0.3, -0.25) is 4.79 Å². The zero-order valence-electron chi connectivity index (χ0n) is 13.8. The fourth-order valence-corrected chi connectivity index (χ4v) is 2.31. The quantitative estimate of drug-likeness (QED) is 0.793. The smallest absolute Gasteiger partial charge is 0.419 e. The largest absolute Gasteiger partial charge is 0.488 e. The van der Waals surface area contributed by atoms with Crippen LogP contribution in [-0.4, -0.2) is 44.4 Å². The number of carbonyl (C=O) groups excluding carboxylic acids is 1. The lowest BCUT2D eigenvalue weighted by Gasteiger charge is -2.25. The SMILES string of the molecule is CCC(CNC(=O)C1CNCCO1)Oc1ccccc1C(F)(F)F.Cl. The highest BCUT2D eigenvalue weighted by molar-refractivity contribution is 5.85. The summed E-state index contributed by atoms with van der Waals surface area (Å²) in [6.07, 6.45) is -5.18. The molecule has 1 aromatic carbocycles. The first-order valence-electron chi connectivity index (χ1n) is 7.84. The molecule has 1 aromatic rings. The molecule has 0 bridgehead atoms. The summed E-state index contributed by atoms with van der Waals surface area (Å²) in [6, 6.07) is 5.05. The van der Waals surface area contributed by atoms with E-state index in [1.165, 1.54) is 18.2 Å². The van der Waals surface area contributed by atoms with Crippen LogP contribution in [0, 0.1) is 0 Å². The second kappa shape index (κ2) is 9.84. The Morgan fingerprint density at radius 1 is 1.44 bits per heavy atom. The van der Waals surface area contributed by atoms with Gasteiger partial charge in [-0.15, -0.1) is 12.4 Å². The Morgan fingerprint density at radius 2 is 2.16 bits per heavy atom. The molecule has 1 fully saturated rings. The van der Waals surface area contributed by atoms with E-state index < -0.39 is 23.9 Å². The van der Waals surface area contributed by atoms with E-state index in [-0.39, 0.29) is 30.6 Å². The molecule has 9 heteroatoms. The molecule has 5 nitrogen and oxygen atoms in total.